The molecule has 8 fully saturated rings. The van der Waals surface area contributed by atoms with Crippen LogP contribution in [0.4, 0.5) is 0 Å². The van der Waals surface area contributed by atoms with Gasteiger partial charge in [-0.2, -0.15) is 0 Å². The van der Waals surface area contributed by atoms with Gasteiger partial charge in [0.15, 0.2) is 12.6 Å². The standard InChI is InChI=1S/C41H68O14/c1-35(2)24(53-34-30(26(46)21(45)17-51-34)54-33-29(49)28(48)27(47)22(16-42)52-33)9-11-41-18-40(41)13-12-37(5)32(39(7)10-8-25(55-39)36(3,4)50)20(44)15-38(37,6)23(40)14-19(43)31(35)41/h19-34,42-50H,8-18H2,1-7H3/t19-,20-,21+,22+,23?,24-,25-,26-,27+,28-,29+,30+,31?,32?,33-,34-,37+,38-,39+,40?,41?/m0/s1. The molecule has 5 saturated carbocycles. The predicted molar refractivity (Wildman–Crippen MR) is 194 cm³/mol. The number of aliphatic hydroxyl groups is 9. The fourth-order valence-electron chi connectivity index (χ4n) is 14.9. The lowest BCUT2D eigenvalue weighted by Gasteiger charge is -2.64. The van der Waals surface area contributed by atoms with Gasteiger partial charge in [-0.1, -0.05) is 27.7 Å². The zero-order valence-corrected chi connectivity index (χ0v) is 33.6. The van der Waals surface area contributed by atoms with Crippen molar-refractivity contribution in [3.8, 4) is 0 Å². The summed E-state index contributed by atoms with van der Waals surface area (Å²) in [5.74, 6) is 0.0159. The molecule has 3 heterocycles. The first-order valence-corrected chi connectivity index (χ1v) is 20.9. The van der Waals surface area contributed by atoms with E-state index in [1.807, 2.05) is 0 Å². The number of hydrogen-bond donors (Lipinski definition) is 9. The van der Waals surface area contributed by atoms with E-state index < -0.39 is 96.8 Å². The second-order valence-corrected chi connectivity index (χ2v) is 21.1. The maximum atomic E-state index is 12.4. The molecule has 55 heavy (non-hydrogen) atoms. The van der Waals surface area contributed by atoms with Crippen molar-refractivity contribution >= 4 is 0 Å². The maximum Gasteiger partial charge on any atom is 0.187 e. The molecular formula is C41H68O14. The van der Waals surface area contributed by atoms with Crippen LogP contribution in [0.1, 0.15) is 106 Å². The molecule has 316 valence electrons. The summed E-state index contributed by atoms with van der Waals surface area (Å²) in [5.41, 5.74) is -2.64. The molecule has 0 aromatic heterocycles. The van der Waals surface area contributed by atoms with Crippen LogP contribution in [0, 0.1) is 44.8 Å². The van der Waals surface area contributed by atoms with Crippen LogP contribution in [-0.4, -0.2) is 150 Å². The first kappa shape index (κ1) is 41.2. The van der Waals surface area contributed by atoms with Crippen LogP contribution < -0.4 is 0 Å². The highest BCUT2D eigenvalue weighted by molar-refractivity contribution is 5.33. The van der Waals surface area contributed by atoms with Crippen LogP contribution in [0.25, 0.3) is 0 Å². The Kier molecular flexibility index (Phi) is 9.90. The molecule has 0 radical (unpaired) electrons. The Morgan fingerprint density at radius 2 is 1.42 bits per heavy atom. The second kappa shape index (κ2) is 13.2. The van der Waals surface area contributed by atoms with Crippen molar-refractivity contribution in [2.24, 2.45) is 44.8 Å². The van der Waals surface area contributed by atoms with Gasteiger partial charge in [0.05, 0.1) is 48.8 Å². The third-order valence-corrected chi connectivity index (χ3v) is 17.6. The Morgan fingerprint density at radius 1 is 0.709 bits per heavy atom. The molecule has 21 atom stereocenters. The van der Waals surface area contributed by atoms with E-state index in [4.69, 9.17) is 23.7 Å². The quantitative estimate of drug-likeness (QED) is 0.162. The van der Waals surface area contributed by atoms with E-state index in [1.54, 1.807) is 13.8 Å². The summed E-state index contributed by atoms with van der Waals surface area (Å²) in [5, 5.41) is 97.9. The molecular weight excluding hydrogens is 716 g/mol. The summed E-state index contributed by atoms with van der Waals surface area (Å²) in [6.45, 7) is 13.8. The van der Waals surface area contributed by atoms with E-state index in [0.717, 1.165) is 38.5 Å². The summed E-state index contributed by atoms with van der Waals surface area (Å²) < 4.78 is 30.9. The van der Waals surface area contributed by atoms with Gasteiger partial charge in [0, 0.05) is 5.92 Å². The van der Waals surface area contributed by atoms with Crippen LogP contribution in [0.3, 0.4) is 0 Å². The Balaban J connectivity index is 1.02. The third-order valence-electron chi connectivity index (χ3n) is 17.6. The fourth-order valence-corrected chi connectivity index (χ4v) is 14.9. The van der Waals surface area contributed by atoms with Gasteiger partial charge in [0.2, 0.25) is 0 Å². The molecule has 0 bridgehead atoms. The number of aliphatic hydroxyl groups excluding tert-OH is 8. The lowest BCUT2D eigenvalue weighted by molar-refractivity contribution is -0.366. The van der Waals surface area contributed by atoms with E-state index in [9.17, 15) is 46.0 Å². The SMILES string of the molecule is CC(C)(O)[C@@H]1CC[C@](C)(C2[C@@H](O)C[C@@]3(C)C4C[C@H](O)C5C(C)(C)[C@@H](O[C@@H]6OC[C@@H](O)[C@H](O)[C@H]6O[C@@H]6O[C@H](CO)[C@@H](O)[C@H](O)[C@H]6O)CCC56CC46CC[C@]23C)O1. The highest BCUT2D eigenvalue weighted by atomic mass is 16.8. The van der Waals surface area contributed by atoms with Crippen molar-refractivity contribution in [1.82, 2.24) is 0 Å². The zero-order chi connectivity index (χ0) is 40.1. The van der Waals surface area contributed by atoms with Crippen molar-refractivity contribution in [2.45, 2.75) is 197 Å². The van der Waals surface area contributed by atoms with E-state index >= 15 is 0 Å². The van der Waals surface area contributed by atoms with E-state index in [0.29, 0.717) is 19.3 Å². The van der Waals surface area contributed by atoms with Crippen LogP contribution in [-0.2, 0) is 23.7 Å². The molecule has 0 aromatic rings. The van der Waals surface area contributed by atoms with Crippen molar-refractivity contribution < 1.29 is 69.6 Å². The monoisotopic (exact) mass is 784 g/mol. The molecule has 8 rings (SSSR count). The van der Waals surface area contributed by atoms with E-state index in [-0.39, 0.29) is 52.1 Å². The van der Waals surface area contributed by atoms with Gasteiger partial charge in [0.25, 0.3) is 0 Å². The molecule has 2 spiro atoms. The first-order chi connectivity index (χ1) is 25.5. The van der Waals surface area contributed by atoms with Crippen molar-refractivity contribution in [3.63, 3.8) is 0 Å². The summed E-state index contributed by atoms with van der Waals surface area (Å²) in [4.78, 5) is 0. The minimum absolute atomic E-state index is 0.0193. The minimum Gasteiger partial charge on any atom is -0.394 e. The molecule has 14 heteroatoms. The Morgan fingerprint density at radius 3 is 2.07 bits per heavy atom. The van der Waals surface area contributed by atoms with Crippen molar-refractivity contribution in [2.75, 3.05) is 13.2 Å². The van der Waals surface area contributed by atoms with Gasteiger partial charge >= 0.3 is 0 Å². The van der Waals surface area contributed by atoms with E-state index in [1.165, 1.54) is 0 Å². The third kappa shape index (κ3) is 5.70. The topological polar surface area (TPSA) is 228 Å². The Labute approximate surface area is 324 Å². The molecule has 8 aliphatic rings. The van der Waals surface area contributed by atoms with Gasteiger partial charge < -0.3 is 69.6 Å². The largest absolute Gasteiger partial charge is 0.394 e. The molecule has 9 N–H and O–H groups in total. The first-order valence-electron chi connectivity index (χ1n) is 20.9. The highest BCUT2D eigenvalue weighted by Crippen LogP contribution is 2.89. The number of ether oxygens (including phenoxy) is 5. The molecule has 3 saturated heterocycles. The van der Waals surface area contributed by atoms with Gasteiger partial charge in [-0.3, -0.25) is 0 Å². The maximum absolute atomic E-state index is 12.4. The van der Waals surface area contributed by atoms with Crippen LogP contribution in [0.2, 0.25) is 0 Å². The molecule has 3 aliphatic heterocycles. The average molecular weight is 785 g/mol. The summed E-state index contributed by atoms with van der Waals surface area (Å²) >= 11 is 0. The van der Waals surface area contributed by atoms with Gasteiger partial charge in [-0.25, -0.2) is 0 Å². The van der Waals surface area contributed by atoms with Crippen molar-refractivity contribution in [1.29, 1.82) is 0 Å². The smallest absolute Gasteiger partial charge is 0.187 e. The second-order valence-electron chi connectivity index (χ2n) is 21.1. The summed E-state index contributed by atoms with van der Waals surface area (Å²) in [6, 6.07) is 0. The Hall–Kier alpha value is -0.560. The van der Waals surface area contributed by atoms with Crippen LogP contribution >= 0.6 is 0 Å². The van der Waals surface area contributed by atoms with Crippen LogP contribution in [0.5, 0.6) is 0 Å². The summed E-state index contributed by atoms with van der Waals surface area (Å²) in [7, 11) is 0. The number of rotatable bonds is 7. The molecule has 14 nitrogen and oxygen atoms in total. The lowest BCUT2D eigenvalue weighted by atomic mass is 9.41. The summed E-state index contributed by atoms with van der Waals surface area (Å²) in [6.07, 6.45) is -7.87. The molecule has 0 amide bonds. The van der Waals surface area contributed by atoms with Crippen molar-refractivity contribution in [3.05, 3.63) is 0 Å². The number of fused-ring (bicyclic) bond motifs is 2. The van der Waals surface area contributed by atoms with Crippen LogP contribution in [0.15, 0.2) is 0 Å². The molecule has 0 aromatic carbocycles. The minimum atomic E-state index is -1.72. The zero-order valence-electron chi connectivity index (χ0n) is 33.6. The normalized spacial score (nSPS) is 58.7. The predicted octanol–water partition coefficient (Wildman–Crippen LogP) is 0.724. The number of hydrogen-bond acceptors (Lipinski definition) is 14. The lowest BCUT2D eigenvalue weighted by Crippen LogP contribution is -2.64. The highest BCUT2D eigenvalue weighted by Gasteiger charge is 2.85. The Bertz CT molecular complexity index is 1460. The average Bonchev–Trinajstić information content (AvgIpc) is 3.45. The fraction of sp³-hybridized carbons (Fsp3) is 1.00. The molecule has 5 unspecified atom stereocenters. The van der Waals surface area contributed by atoms with Gasteiger partial charge in [-0.15, -0.1) is 0 Å². The molecule has 5 aliphatic carbocycles. The van der Waals surface area contributed by atoms with Gasteiger partial charge in [-0.05, 0) is 117 Å². The van der Waals surface area contributed by atoms with E-state index in [2.05, 4.69) is 34.6 Å². The van der Waals surface area contributed by atoms with Gasteiger partial charge in [0.1, 0.15) is 42.7 Å².